The molecular weight excluding hydrogens is 204 g/mol. The molecule has 0 aliphatic carbocycles. The lowest BCUT2D eigenvalue weighted by Crippen LogP contribution is -2.09. The lowest BCUT2D eigenvalue weighted by molar-refractivity contribution is 0.0338. The van der Waals surface area contributed by atoms with E-state index in [4.69, 9.17) is 9.47 Å². The minimum Gasteiger partial charge on any atom is -0.496 e. The highest BCUT2D eigenvalue weighted by Gasteiger charge is 2.12. The average Bonchev–Trinajstić information content (AvgIpc) is 2.34. The van der Waals surface area contributed by atoms with Crippen molar-refractivity contribution >= 4 is 0 Å². The normalized spacial score (nSPS) is 12.4. The molecule has 0 heterocycles. The van der Waals surface area contributed by atoms with E-state index in [2.05, 4.69) is 6.92 Å². The van der Waals surface area contributed by atoms with Gasteiger partial charge in [0.05, 0.1) is 13.7 Å². The zero-order chi connectivity index (χ0) is 11.8. The van der Waals surface area contributed by atoms with Crippen LogP contribution in [-0.4, -0.2) is 25.4 Å². The summed E-state index contributed by atoms with van der Waals surface area (Å²) >= 11 is 0. The standard InChI is InChI=1S/C13H20O3/c1-3-4-9-16-10-12(14)11-7-5-6-8-13(11)15-2/h5-8,12,14H,3-4,9-10H2,1-2H3. The summed E-state index contributed by atoms with van der Waals surface area (Å²) in [6.07, 6.45) is 1.51. The number of ether oxygens (including phenoxy) is 2. The number of aliphatic hydroxyl groups excluding tert-OH is 1. The van der Waals surface area contributed by atoms with Gasteiger partial charge in [-0.2, -0.15) is 0 Å². The van der Waals surface area contributed by atoms with Crippen LogP contribution in [0.1, 0.15) is 31.4 Å². The van der Waals surface area contributed by atoms with Gasteiger partial charge in [-0.1, -0.05) is 31.5 Å². The van der Waals surface area contributed by atoms with Crippen LogP contribution in [0.2, 0.25) is 0 Å². The second-order valence-electron chi connectivity index (χ2n) is 3.69. The largest absolute Gasteiger partial charge is 0.496 e. The first-order valence-electron chi connectivity index (χ1n) is 5.68. The molecule has 0 spiro atoms. The molecule has 0 fully saturated rings. The molecule has 0 saturated heterocycles. The first kappa shape index (κ1) is 13.0. The number of para-hydroxylation sites is 1. The number of rotatable bonds is 7. The molecule has 0 amide bonds. The highest BCUT2D eigenvalue weighted by Crippen LogP contribution is 2.24. The Labute approximate surface area is 97.0 Å². The zero-order valence-corrected chi connectivity index (χ0v) is 9.98. The Kier molecular flexibility index (Phi) is 5.90. The van der Waals surface area contributed by atoms with E-state index >= 15 is 0 Å². The second-order valence-corrected chi connectivity index (χ2v) is 3.69. The van der Waals surface area contributed by atoms with Gasteiger partial charge in [0.2, 0.25) is 0 Å². The molecule has 0 aliphatic heterocycles. The van der Waals surface area contributed by atoms with Crippen LogP contribution in [0.25, 0.3) is 0 Å². The van der Waals surface area contributed by atoms with Gasteiger partial charge in [-0.3, -0.25) is 0 Å². The van der Waals surface area contributed by atoms with Crippen LogP contribution >= 0.6 is 0 Å². The predicted octanol–water partition coefficient (Wildman–Crippen LogP) is 2.55. The lowest BCUT2D eigenvalue weighted by atomic mass is 10.1. The molecule has 3 nitrogen and oxygen atoms in total. The molecule has 1 aromatic carbocycles. The van der Waals surface area contributed by atoms with Gasteiger partial charge < -0.3 is 14.6 Å². The smallest absolute Gasteiger partial charge is 0.124 e. The first-order valence-corrected chi connectivity index (χ1v) is 5.68. The van der Waals surface area contributed by atoms with Gasteiger partial charge in [-0.25, -0.2) is 0 Å². The Hall–Kier alpha value is -1.06. The minimum atomic E-state index is -0.618. The van der Waals surface area contributed by atoms with E-state index < -0.39 is 6.10 Å². The fourth-order valence-electron chi connectivity index (χ4n) is 1.47. The summed E-state index contributed by atoms with van der Waals surface area (Å²) < 4.78 is 10.6. The van der Waals surface area contributed by atoms with E-state index in [1.54, 1.807) is 7.11 Å². The van der Waals surface area contributed by atoms with E-state index in [0.717, 1.165) is 18.4 Å². The van der Waals surface area contributed by atoms with Crippen molar-refractivity contribution in [1.29, 1.82) is 0 Å². The highest BCUT2D eigenvalue weighted by molar-refractivity contribution is 5.34. The van der Waals surface area contributed by atoms with Crippen molar-refractivity contribution < 1.29 is 14.6 Å². The molecule has 0 radical (unpaired) electrons. The maximum absolute atomic E-state index is 9.93. The van der Waals surface area contributed by atoms with Gasteiger partial charge in [0.25, 0.3) is 0 Å². The summed E-state index contributed by atoms with van der Waals surface area (Å²) in [4.78, 5) is 0. The Morgan fingerprint density at radius 3 is 2.75 bits per heavy atom. The lowest BCUT2D eigenvalue weighted by Gasteiger charge is -2.14. The number of benzene rings is 1. The third kappa shape index (κ3) is 3.83. The maximum Gasteiger partial charge on any atom is 0.124 e. The van der Waals surface area contributed by atoms with E-state index in [1.165, 1.54) is 0 Å². The highest BCUT2D eigenvalue weighted by atomic mass is 16.5. The van der Waals surface area contributed by atoms with Crippen LogP contribution in [0.5, 0.6) is 5.75 Å². The monoisotopic (exact) mass is 224 g/mol. The molecule has 0 saturated carbocycles. The zero-order valence-electron chi connectivity index (χ0n) is 9.98. The van der Waals surface area contributed by atoms with Crippen molar-refractivity contribution in [2.75, 3.05) is 20.3 Å². The molecule has 1 rings (SSSR count). The number of hydrogen-bond donors (Lipinski definition) is 1. The summed E-state index contributed by atoms with van der Waals surface area (Å²) in [7, 11) is 1.60. The maximum atomic E-state index is 9.93. The van der Waals surface area contributed by atoms with Crippen LogP contribution in [0.3, 0.4) is 0 Å². The molecule has 90 valence electrons. The molecule has 0 bridgehead atoms. The SMILES string of the molecule is CCCCOCC(O)c1ccccc1OC. The van der Waals surface area contributed by atoms with E-state index in [0.29, 0.717) is 19.0 Å². The predicted molar refractivity (Wildman–Crippen MR) is 63.7 cm³/mol. The quantitative estimate of drug-likeness (QED) is 0.723. The Bertz CT molecular complexity index is 299. The molecule has 16 heavy (non-hydrogen) atoms. The van der Waals surface area contributed by atoms with Crippen molar-refractivity contribution in [2.45, 2.75) is 25.9 Å². The van der Waals surface area contributed by atoms with Crippen molar-refractivity contribution in [1.82, 2.24) is 0 Å². The third-order valence-electron chi connectivity index (χ3n) is 2.42. The summed E-state index contributed by atoms with van der Waals surface area (Å²) in [6, 6.07) is 7.46. The summed E-state index contributed by atoms with van der Waals surface area (Å²) in [5.41, 5.74) is 0.779. The number of methoxy groups -OCH3 is 1. The fraction of sp³-hybridized carbons (Fsp3) is 0.538. The second kappa shape index (κ2) is 7.25. The molecule has 1 aromatic rings. The Morgan fingerprint density at radius 1 is 1.31 bits per heavy atom. The van der Waals surface area contributed by atoms with Crippen LogP contribution in [0, 0.1) is 0 Å². The Balaban J connectivity index is 2.48. The molecule has 0 aromatic heterocycles. The molecular formula is C13H20O3. The van der Waals surface area contributed by atoms with Gasteiger partial charge in [0.15, 0.2) is 0 Å². The molecule has 3 heteroatoms. The van der Waals surface area contributed by atoms with Crippen molar-refractivity contribution in [3.63, 3.8) is 0 Å². The van der Waals surface area contributed by atoms with Crippen LogP contribution in [-0.2, 0) is 4.74 Å². The minimum absolute atomic E-state index is 0.320. The van der Waals surface area contributed by atoms with Crippen LogP contribution < -0.4 is 4.74 Å². The number of unbranched alkanes of at least 4 members (excludes halogenated alkanes) is 1. The fourth-order valence-corrected chi connectivity index (χ4v) is 1.47. The van der Waals surface area contributed by atoms with E-state index in [9.17, 15) is 5.11 Å². The molecule has 1 atom stereocenters. The Morgan fingerprint density at radius 2 is 2.06 bits per heavy atom. The number of aliphatic hydroxyl groups is 1. The topological polar surface area (TPSA) is 38.7 Å². The molecule has 1 unspecified atom stereocenters. The summed E-state index contributed by atoms with van der Waals surface area (Å²) in [6.45, 7) is 3.13. The van der Waals surface area contributed by atoms with Crippen LogP contribution in [0.4, 0.5) is 0 Å². The third-order valence-corrected chi connectivity index (χ3v) is 2.42. The van der Waals surface area contributed by atoms with E-state index in [1.807, 2.05) is 24.3 Å². The van der Waals surface area contributed by atoms with Gasteiger partial charge in [0, 0.05) is 12.2 Å². The van der Waals surface area contributed by atoms with Crippen molar-refractivity contribution in [3.05, 3.63) is 29.8 Å². The van der Waals surface area contributed by atoms with Gasteiger partial charge in [0.1, 0.15) is 11.9 Å². The van der Waals surface area contributed by atoms with Gasteiger partial charge >= 0.3 is 0 Å². The van der Waals surface area contributed by atoms with E-state index in [-0.39, 0.29) is 0 Å². The van der Waals surface area contributed by atoms with Crippen molar-refractivity contribution in [2.24, 2.45) is 0 Å². The average molecular weight is 224 g/mol. The summed E-state index contributed by atoms with van der Waals surface area (Å²) in [5.74, 6) is 0.703. The number of hydrogen-bond acceptors (Lipinski definition) is 3. The van der Waals surface area contributed by atoms with Crippen LogP contribution in [0.15, 0.2) is 24.3 Å². The van der Waals surface area contributed by atoms with Gasteiger partial charge in [-0.05, 0) is 12.5 Å². The van der Waals surface area contributed by atoms with Gasteiger partial charge in [-0.15, -0.1) is 0 Å². The molecule has 0 aliphatic rings. The molecule has 1 N–H and O–H groups in total. The summed E-state index contributed by atoms with van der Waals surface area (Å²) in [5, 5.41) is 9.93. The first-order chi connectivity index (χ1) is 7.79. The van der Waals surface area contributed by atoms with Crippen molar-refractivity contribution in [3.8, 4) is 5.75 Å².